The predicted molar refractivity (Wildman–Crippen MR) is 46.2 cm³/mol. The lowest BCUT2D eigenvalue weighted by molar-refractivity contribution is 0.0758. The summed E-state index contributed by atoms with van der Waals surface area (Å²) in [6.45, 7) is 4.82. The van der Waals surface area contributed by atoms with Crippen LogP contribution in [0.1, 0.15) is 39.5 Å². The topological polar surface area (TPSA) is 0 Å². The summed E-state index contributed by atoms with van der Waals surface area (Å²) in [5, 5.41) is 0. The van der Waals surface area contributed by atoms with E-state index in [-0.39, 0.29) is 0 Å². The van der Waals surface area contributed by atoms with Crippen molar-refractivity contribution in [3.05, 3.63) is 0 Å². The van der Waals surface area contributed by atoms with E-state index in [2.05, 4.69) is 13.8 Å². The van der Waals surface area contributed by atoms with Gasteiger partial charge in [-0.15, -0.1) is 0 Å². The van der Waals surface area contributed by atoms with Crippen LogP contribution in [0.4, 0.5) is 0 Å². The normalized spacial score (nSPS) is 64.9. The second-order valence-electron chi connectivity index (χ2n) is 5.19. The summed E-state index contributed by atoms with van der Waals surface area (Å²) in [7, 11) is 0. The first-order valence-corrected chi connectivity index (χ1v) is 5.29. The van der Waals surface area contributed by atoms with E-state index < -0.39 is 0 Å². The van der Waals surface area contributed by atoms with Gasteiger partial charge in [-0.1, -0.05) is 13.8 Å². The summed E-state index contributed by atoms with van der Waals surface area (Å²) in [6.07, 6.45) is 6.19. The maximum atomic E-state index is 2.41. The Kier molecular flexibility index (Phi) is 0.990. The van der Waals surface area contributed by atoms with Crippen LogP contribution >= 0.6 is 0 Å². The van der Waals surface area contributed by atoms with Crippen molar-refractivity contribution >= 4 is 0 Å². The molecule has 2 atom stereocenters. The molecule has 2 unspecified atom stereocenters. The minimum Gasteiger partial charge on any atom is -0.0648 e. The molecule has 11 heavy (non-hydrogen) atoms. The van der Waals surface area contributed by atoms with Gasteiger partial charge in [0, 0.05) is 0 Å². The first-order chi connectivity index (χ1) is 5.29. The molecule has 0 saturated heterocycles. The van der Waals surface area contributed by atoms with Crippen LogP contribution in [0, 0.1) is 29.1 Å². The molecule has 0 heteroatoms. The summed E-state index contributed by atoms with van der Waals surface area (Å²) in [5.74, 6) is 4.64. The lowest BCUT2D eigenvalue weighted by atomic mass is 9.63. The maximum absolute atomic E-state index is 2.41. The van der Waals surface area contributed by atoms with Gasteiger partial charge in [0.1, 0.15) is 0 Å². The van der Waals surface area contributed by atoms with Crippen LogP contribution < -0.4 is 0 Å². The summed E-state index contributed by atoms with van der Waals surface area (Å²) >= 11 is 0. The molecular weight excluding hydrogens is 132 g/mol. The molecule has 3 fully saturated rings. The zero-order valence-corrected chi connectivity index (χ0v) is 7.64. The van der Waals surface area contributed by atoms with Crippen molar-refractivity contribution in [2.75, 3.05) is 0 Å². The van der Waals surface area contributed by atoms with E-state index in [9.17, 15) is 0 Å². The molecule has 0 spiro atoms. The van der Waals surface area contributed by atoms with Crippen LogP contribution in [0.2, 0.25) is 0 Å². The molecule has 0 aromatic carbocycles. The van der Waals surface area contributed by atoms with E-state index in [1.54, 1.807) is 19.3 Å². The molecule has 0 nitrogen and oxygen atoms in total. The first-order valence-electron chi connectivity index (χ1n) is 5.29. The Bertz CT molecular complexity index is 180. The van der Waals surface area contributed by atoms with Gasteiger partial charge in [-0.05, 0) is 54.8 Å². The van der Waals surface area contributed by atoms with E-state index in [0.29, 0.717) is 0 Å². The molecule has 0 N–H and O–H groups in total. The monoisotopic (exact) mass is 150 g/mol. The molecule has 62 valence electrons. The van der Waals surface area contributed by atoms with Gasteiger partial charge >= 0.3 is 0 Å². The Morgan fingerprint density at radius 1 is 1.18 bits per heavy atom. The molecular formula is C11H18. The average Bonchev–Trinajstić information content (AvgIpc) is 2.71. The van der Waals surface area contributed by atoms with Crippen LogP contribution in [0.5, 0.6) is 0 Å². The van der Waals surface area contributed by atoms with Gasteiger partial charge in [0.25, 0.3) is 0 Å². The van der Waals surface area contributed by atoms with Gasteiger partial charge in [-0.3, -0.25) is 0 Å². The summed E-state index contributed by atoms with van der Waals surface area (Å²) in [6, 6.07) is 0. The highest BCUT2D eigenvalue weighted by molar-refractivity contribution is 5.25. The van der Waals surface area contributed by atoms with Gasteiger partial charge in [-0.25, -0.2) is 0 Å². The molecule has 0 amide bonds. The molecule has 0 heterocycles. The minimum absolute atomic E-state index is 0.923. The summed E-state index contributed by atoms with van der Waals surface area (Å²) in [4.78, 5) is 0. The van der Waals surface area contributed by atoms with Gasteiger partial charge in [-0.2, -0.15) is 0 Å². The van der Waals surface area contributed by atoms with Crippen LogP contribution in [-0.2, 0) is 0 Å². The standard InChI is InChI=1S/C11H18/c1-3-11(9-6-10(9)11)8-4-7(2)5-8/h7-10H,3-6H2,1-2H3. The Morgan fingerprint density at radius 3 is 2.09 bits per heavy atom. The molecule has 3 aliphatic rings. The number of fused-ring (bicyclic) bond motifs is 1. The highest BCUT2D eigenvalue weighted by Crippen LogP contribution is 2.84. The Morgan fingerprint density at radius 2 is 1.82 bits per heavy atom. The molecule has 0 bridgehead atoms. The number of hydrogen-bond acceptors (Lipinski definition) is 0. The Labute approximate surface area is 69.4 Å². The van der Waals surface area contributed by atoms with E-state index in [1.165, 1.54) is 18.3 Å². The fourth-order valence-electron chi connectivity index (χ4n) is 3.86. The largest absolute Gasteiger partial charge is 0.0648 e. The SMILES string of the molecule is CCC1(C2CC(C)C2)C2CC21. The quantitative estimate of drug-likeness (QED) is 0.567. The van der Waals surface area contributed by atoms with Crippen molar-refractivity contribution in [2.24, 2.45) is 29.1 Å². The third-order valence-corrected chi connectivity index (χ3v) is 4.81. The van der Waals surface area contributed by atoms with Crippen molar-refractivity contribution < 1.29 is 0 Å². The number of hydrogen-bond donors (Lipinski definition) is 0. The van der Waals surface area contributed by atoms with Gasteiger partial charge in [0.15, 0.2) is 0 Å². The zero-order chi connectivity index (χ0) is 7.64. The highest BCUT2D eigenvalue weighted by Gasteiger charge is 2.77. The van der Waals surface area contributed by atoms with Crippen LogP contribution in [0.25, 0.3) is 0 Å². The highest BCUT2D eigenvalue weighted by atomic mass is 14.8. The van der Waals surface area contributed by atoms with Crippen molar-refractivity contribution in [3.63, 3.8) is 0 Å². The van der Waals surface area contributed by atoms with E-state index in [4.69, 9.17) is 0 Å². The summed E-state index contributed by atoms with van der Waals surface area (Å²) in [5.41, 5.74) is 0.923. The second-order valence-corrected chi connectivity index (χ2v) is 5.19. The Balaban J connectivity index is 1.70. The lowest BCUT2D eigenvalue weighted by Crippen LogP contribution is -2.33. The van der Waals surface area contributed by atoms with Gasteiger partial charge in [0.05, 0.1) is 0 Å². The van der Waals surface area contributed by atoms with E-state index in [1.807, 2.05) is 0 Å². The van der Waals surface area contributed by atoms with Gasteiger partial charge in [0.2, 0.25) is 0 Å². The smallest absolute Gasteiger partial charge is 0.0209 e. The van der Waals surface area contributed by atoms with Crippen LogP contribution in [-0.4, -0.2) is 0 Å². The van der Waals surface area contributed by atoms with Crippen LogP contribution in [0.3, 0.4) is 0 Å². The molecule has 3 aliphatic carbocycles. The molecule has 3 rings (SSSR count). The molecule has 3 saturated carbocycles. The zero-order valence-electron chi connectivity index (χ0n) is 7.64. The maximum Gasteiger partial charge on any atom is -0.0209 e. The fraction of sp³-hybridized carbons (Fsp3) is 1.00. The molecule has 0 radical (unpaired) electrons. The molecule has 0 aromatic rings. The van der Waals surface area contributed by atoms with Crippen LogP contribution in [0.15, 0.2) is 0 Å². The molecule has 0 aromatic heterocycles. The lowest BCUT2D eigenvalue weighted by Gasteiger charge is -2.42. The first kappa shape index (κ1) is 6.51. The molecule has 0 aliphatic heterocycles. The van der Waals surface area contributed by atoms with Crippen molar-refractivity contribution in [1.29, 1.82) is 0 Å². The van der Waals surface area contributed by atoms with E-state index >= 15 is 0 Å². The minimum atomic E-state index is 0.923. The van der Waals surface area contributed by atoms with Crippen molar-refractivity contribution in [1.82, 2.24) is 0 Å². The third kappa shape index (κ3) is 0.588. The summed E-state index contributed by atoms with van der Waals surface area (Å²) < 4.78 is 0. The van der Waals surface area contributed by atoms with Crippen molar-refractivity contribution in [2.45, 2.75) is 39.5 Å². The fourth-order valence-corrected chi connectivity index (χ4v) is 3.86. The number of rotatable bonds is 2. The third-order valence-electron chi connectivity index (χ3n) is 4.81. The van der Waals surface area contributed by atoms with E-state index in [0.717, 1.165) is 17.3 Å². The second kappa shape index (κ2) is 1.67. The average molecular weight is 150 g/mol. The Hall–Kier alpha value is 0. The predicted octanol–water partition coefficient (Wildman–Crippen LogP) is 3.08. The van der Waals surface area contributed by atoms with Crippen molar-refractivity contribution in [3.8, 4) is 0 Å². The van der Waals surface area contributed by atoms with Gasteiger partial charge < -0.3 is 0 Å².